The predicted octanol–water partition coefficient (Wildman–Crippen LogP) is 3.65. The normalized spacial score (nSPS) is 15.6. The van der Waals surface area contributed by atoms with Gasteiger partial charge in [0.15, 0.2) is 0 Å². The van der Waals surface area contributed by atoms with Gasteiger partial charge >= 0.3 is 0 Å². The zero-order chi connectivity index (χ0) is 19.5. The van der Waals surface area contributed by atoms with Crippen LogP contribution in [0.5, 0.6) is 0 Å². The maximum atomic E-state index is 12.6. The van der Waals surface area contributed by atoms with E-state index >= 15 is 0 Å². The number of hydrogen-bond acceptors (Lipinski definition) is 4. The number of nitro benzene ring substituents is 1. The van der Waals surface area contributed by atoms with Crippen LogP contribution in [0.25, 0.3) is 0 Å². The number of nitrogens with one attached hydrogen (secondary N) is 1. The summed E-state index contributed by atoms with van der Waals surface area (Å²) in [5.74, 6) is -0.233. The molecule has 3 aromatic rings. The van der Waals surface area contributed by atoms with E-state index in [4.69, 9.17) is 0 Å². The van der Waals surface area contributed by atoms with Gasteiger partial charge in [-0.05, 0) is 37.0 Å². The molecule has 1 N–H and O–H groups in total. The topological polar surface area (TPSA) is 90.1 Å². The molecule has 28 heavy (non-hydrogen) atoms. The Bertz CT molecular complexity index is 996. The molecule has 0 unspecified atom stereocenters. The Morgan fingerprint density at radius 2 is 1.93 bits per heavy atom. The first-order valence-corrected chi connectivity index (χ1v) is 9.25. The summed E-state index contributed by atoms with van der Waals surface area (Å²) < 4.78 is 2.01. The van der Waals surface area contributed by atoms with E-state index in [0.29, 0.717) is 12.1 Å². The summed E-state index contributed by atoms with van der Waals surface area (Å²) in [5.41, 5.74) is 3.78. The van der Waals surface area contributed by atoms with Crippen LogP contribution >= 0.6 is 0 Å². The lowest BCUT2D eigenvalue weighted by Crippen LogP contribution is -2.31. The lowest BCUT2D eigenvalue weighted by atomic mass is 9.92. The molecule has 0 saturated carbocycles. The number of hydrogen-bond donors (Lipinski definition) is 1. The van der Waals surface area contributed by atoms with Crippen LogP contribution in [-0.2, 0) is 13.0 Å². The van der Waals surface area contributed by atoms with E-state index in [-0.39, 0.29) is 17.6 Å². The highest BCUT2D eigenvalue weighted by Crippen LogP contribution is 2.30. The van der Waals surface area contributed by atoms with Crippen LogP contribution in [0.15, 0.2) is 60.8 Å². The van der Waals surface area contributed by atoms with Crippen molar-refractivity contribution < 1.29 is 9.72 Å². The zero-order valence-corrected chi connectivity index (χ0v) is 15.2. The van der Waals surface area contributed by atoms with Gasteiger partial charge in [0.2, 0.25) is 0 Å². The van der Waals surface area contributed by atoms with E-state index in [1.807, 2.05) is 29.1 Å². The zero-order valence-electron chi connectivity index (χ0n) is 15.2. The van der Waals surface area contributed by atoms with Gasteiger partial charge in [-0.3, -0.25) is 19.6 Å². The highest BCUT2D eigenvalue weighted by molar-refractivity contribution is 5.94. The van der Waals surface area contributed by atoms with Gasteiger partial charge in [0.25, 0.3) is 11.6 Å². The average Bonchev–Trinajstić information content (AvgIpc) is 3.13. The molecule has 142 valence electrons. The summed E-state index contributed by atoms with van der Waals surface area (Å²) >= 11 is 0. The highest BCUT2D eigenvalue weighted by atomic mass is 16.6. The minimum atomic E-state index is -0.476. The van der Waals surface area contributed by atoms with Crippen molar-refractivity contribution in [3.63, 3.8) is 0 Å². The molecule has 1 aliphatic rings. The lowest BCUT2D eigenvalue weighted by molar-refractivity contribution is -0.384. The standard InChI is InChI=1S/C21H20N4O3/c26-21(16-9-11-17(12-10-16)25(27)28)23-19-7-4-8-20-18(19)13-22-24(20)14-15-5-2-1-3-6-15/h1-3,5-6,9-13,19H,4,7-8,14H2,(H,23,26)/t19-/m1/s1. The smallest absolute Gasteiger partial charge is 0.269 e. The summed E-state index contributed by atoms with van der Waals surface area (Å²) in [6.07, 6.45) is 4.60. The summed E-state index contributed by atoms with van der Waals surface area (Å²) in [4.78, 5) is 22.9. The van der Waals surface area contributed by atoms with Gasteiger partial charge in [0, 0.05) is 29.0 Å². The number of nitro groups is 1. The molecule has 7 heteroatoms. The first-order chi connectivity index (χ1) is 13.6. The molecule has 7 nitrogen and oxygen atoms in total. The third-order valence-electron chi connectivity index (χ3n) is 5.08. The van der Waals surface area contributed by atoms with Crippen LogP contribution in [0.3, 0.4) is 0 Å². The number of carbonyl (C=O) groups is 1. The second-order valence-corrected chi connectivity index (χ2v) is 6.91. The number of carbonyl (C=O) groups excluding carboxylic acids is 1. The van der Waals surface area contributed by atoms with Gasteiger partial charge in [0.1, 0.15) is 0 Å². The van der Waals surface area contributed by atoms with Gasteiger partial charge < -0.3 is 5.32 Å². The van der Waals surface area contributed by atoms with Gasteiger partial charge in [-0.2, -0.15) is 5.10 Å². The molecule has 0 aliphatic heterocycles. The maximum absolute atomic E-state index is 12.6. The van der Waals surface area contributed by atoms with E-state index in [2.05, 4.69) is 22.5 Å². The van der Waals surface area contributed by atoms with Crippen molar-refractivity contribution >= 4 is 11.6 Å². The molecule has 0 saturated heterocycles. The Labute approximate surface area is 162 Å². The van der Waals surface area contributed by atoms with Crippen molar-refractivity contribution in [2.75, 3.05) is 0 Å². The molecular weight excluding hydrogens is 356 g/mol. The molecule has 0 bridgehead atoms. The molecule has 2 aromatic carbocycles. The molecule has 0 radical (unpaired) electrons. The third-order valence-corrected chi connectivity index (χ3v) is 5.08. The summed E-state index contributed by atoms with van der Waals surface area (Å²) in [6.45, 7) is 0.708. The summed E-state index contributed by atoms with van der Waals surface area (Å²) in [5, 5.41) is 18.4. The maximum Gasteiger partial charge on any atom is 0.269 e. The van der Waals surface area contributed by atoms with Crippen molar-refractivity contribution in [2.45, 2.75) is 31.8 Å². The number of non-ortho nitro benzene ring substituents is 1. The quantitative estimate of drug-likeness (QED) is 0.544. The average molecular weight is 376 g/mol. The van der Waals surface area contributed by atoms with Crippen LogP contribution in [-0.4, -0.2) is 20.6 Å². The Morgan fingerprint density at radius 1 is 1.18 bits per heavy atom. The minimum Gasteiger partial charge on any atom is -0.345 e. The molecule has 1 heterocycles. The van der Waals surface area contributed by atoms with Crippen LogP contribution < -0.4 is 5.32 Å². The van der Waals surface area contributed by atoms with Crippen molar-refractivity contribution in [1.29, 1.82) is 0 Å². The Kier molecular flexibility index (Phi) is 4.89. The summed E-state index contributed by atoms with van der Waals surface area (Å²) in [7, 11) is 0. The number of amides is 1. The molecule has 1 amide bonds. The van der Waals surface area contributed by atoms with Gasteiger partial charge in [0.05, 0.1) is 23.7 Å². The van der Waals surface area contributed by atoms with Crippen LogP contribution in [0.1, 0.15) is 46.1 Å². The molecule has 4 rings (SSSR count). The summed E-state index contributed by atoms with van der Waals surface area (Å²) in [6, 6.07) is 15.7. The molecule has 0 spiro atoms. The number of aromatic nitrogens is 2. The second-order valence-electron chi connectivity index (χ2n) is 6.91. The van der Waals surface area contributed by atoms with E-state index in [1.165, 1.54) is 29.8 Å². The fourth-order valence-corrected chi connectivity index (χ4v) is 3.64. The molecule has 1 atom stereocenters. The van der Waals surface area contributed by atoms with Crippen LogP contribution in [0.4, 0.5) is 5.69 Å². The first-order valence-electron chi connectivity index (χ1n) is 9.25. The van der Waals surface area contributed by atoms with Crippen molar-refractivity contribution in [1.82, 2.24) is 15.1 Å². The van der Waals surface area contributed by atoms with Gasteiger partial charge in [-0.15, -0.1) is 0 Å². The van der Waals surface area contributed by atoms with E-state index in [0.717, 1.165) is 30.5 Å². The monoisotopic (exact) mass is 376 g/mol. The largest absolute Gasteiger partial charge is 0.345 e. The fourth-order valence-electron chi connectivity index (χ4n) is 3.64. The number of fused-ring (bicyclic) bond motifs is 1. The van der Waals surface area contributed by atoms with Gasteiger partial charge in [-0.25, -0.2) is 0 Å². The predicted molar refractivity (Wildman–Crippen MR) is 104 cm³/mol. The second kappa shape index (κ2) is 7.64. The van der Waals surface area contributed by atoms with Crippen LogP contribution in [0, 0.1) is 10.1 Å². The lowest BCUT2D eigenvalue weighted by Gasteiger charge is -2.24. The fraction of sp³-hybridized carbons (Fsp3) is 0.238. The number of rotatable bonds is 5. The molecule has 1 aliphatic carbocycles. The van der Waals surface area contributed by atoms with E-state index < -0.39 is 4.92 Å². The van der Waals surface area contributed by atoms with Crippen molar-refractivity contribution in [3.05, 3.63) is 93.3 Å². The Balaban J connectivity index is 1.50. The molecule has 0 fully saturated rings. The molecular formula is C21H20N4O3. The SMILES string of the molecule is O=C(N[C@@H]1CCCc2c1cnn2Cc1ccccc1)c1ccc([N+](=O)[O-])cc1. The van der Waals surface area contributed by atoms with Crippen molar-refractivity contribution in [3.8, 4) is 0 Å². The number of benzene rings is 2. The molecule has 1 aromatic heterocycles. The minimum absolute atomic E-state index is 0.0290. The first kappa shape index (κ1) is 17.9. The highest BCUT2D eigenvalue weighted by Gasteiger charge is 2.26. The number of nitrogens with zero attached hydrogens (tertiary/aromatic N) is 3. The third kappa shape index (κ3) is 3.64. The van der Waals surface area contributed by atoms with Gasteiger partial charge in [-0.1, -0.05) is 30.3 Å². The van der Waals surface area contributed by atoms with Crippen molar-refractivity contribution in [2.24, 2.45) is 0 Å². The van der Waals surface area contributed by atoms with E-state index in [9.17, 15) is 14.9 Å². The Morgan fingerprint density at radius 3 is 2.64 bits per heavy atom. The Hall–Kier alpha value is -3.48. The van der Waals surface area contributed by atoms with Crippen LogP contribution in [0.2, 0.25) is 0 Å². The van der Waals surface area contributed by atoms with E-state index in [1.54, 1.807) is 0 Å².